The highest BCUT2D eigenvalue weighted by molar-refractivity contribution is 7.13. The highest BCUT2D eigenvalue weighted by Gasteiger charge is 2.04. The number of amides is 1. The lowest BCUT2D eigenvalue weighted by Crippen LogP contribution is -2.05. The fourth-order valence-corrected chi connectivity index (χ4v) is 2.33. The number of thiazole rings is 1. The van der Waals surface area contributed by atoms with E-state index in [4.69, 9.17) is 0 Å². The summed E-state index contributed by atoms with van der Waals surface area (Å²) in [5.74, 6) is -0.0840. The third-order valence-corrected chi connectivity index (χ3v) is 3.18. The van der Waals surface area contributed by atoms with Gasteiger partial charge < -0.3 is 5.32 Å². The molecule has 1 amide bonds. The second-order valence-corrected chi connectivity index (χ2v) is 4.76. The topological polar surface area (TPSA) is 42.0 Å². The lowest BCUT2D eigenvalue weighted by molar-refractivity contribution is -0.114. The zero-order valence-electron chi connectivity index (χ0n) is 10.1. The Kier molecular flexibility index (Phi) is 4.29. The van der Waals surface area contributed by atoms with Gasteiger partial charge in [0.25, 0.3) is 0 Å². The monoisotopic (exact) mass is 258 g/mol. The Morgan fingerprint density at radius 1 is 1.39 bits per heavy atom. The number of carbonyl (C=O) groups is 1. The molecule has 0 aromatic carbocycles. The van der Waals surface area contributed by atoms with Crippen molar-refractivity contribution in [2.75, 3.05) is 5.32 Å². The molecule has 0 saturated carbocycles. The summed E-state index contributed by atoms with van der Waals surface area (Å²) in [6.07, 6.45) is 11.7. The smallest absolute Gasteiger partial charge is 0.223 e. The molecule has 2 rings (SSSR count). The minimum atomic E-state index is -0.0840. The minimum absolute atomic E-state index is 0.0840. The van der Waals surface area contributed by atoms with Gasteiger partial charge in [-0.25, -0.2) is 4.98 Å². The Morgan fingerprint density at radius 2 is 2.28 bits per heavy atom. The molecule has 1 aromatic heterocycles. The molecular formula is C14H14N2OS. The van der Waals surface area contributed by atoms with E-state index in [9.17, 15) is 4.79 Å². The summed E-state index contributed by atoms with van der Waals surface area (Å²) in [7, 11) is 0. The first-order valence-electron chi connectivity index (χ1n) is 5.75. The van der Waals surface area contributed by atoms with Gasteiger partial charge in [-0.1, -0.05) is 24.3 Å². The van der Waals surface area contributed by atoms with Crippen molar-refractivity contribution in [3.05, 3.63) is 52.8 Å². The van der Waals surface area contributed by atoms with Crippen LogP contribution in [-0.2, 0) is 11.2 Å². The summed E-state index contributed by atoms with van der Waals surface area (Å²) in [6.45, 7) is 1.49. The molecule has 1 heterocycles. The number of nitrogens with zero attached hydrogens (tertiary/aromatic N) is 1. The molecule has 0 bridgehead atoms. The van der Waals surface area contributed by atoms with Crippen LogP contribution in [0.15, 0.2) is 47.1 Å². The average Bonchev–Trinajstić information content (AvgIpc) is 2.61. The van der Waals surface area contributed by atoms with E-state index in [-0.39, 0.29) is 5.91 Å². The van der Waals surface area contributed by atoms with Gasteiger partial charge in [-0.3, -0.25) is 4.79 Å². The van der Waals surface area contributed by atoms with Gasteiger partial charge in [-0.2, -0.15) is 0 Å². The van der Waals surface area contributed by atoms with Crippen molar-refractivity contribution in [2.45, 2.75) is 19.8 Å². The molecule has 18 heavy (non-hydrogen) atoms. The fraction of sp³-hybridized carbons (Fsp3) is 0.214. The summed E-state index contributed by atoms with van der Waals surface area (Å²) in [5.41, 5.74) is 5.38. The summed E-state index contributed by atoms with van der Waals surface area (Å²) < 4.78 is 0. The van der Waals surface area contributed by atoms with E-state index in [1.807, 2.05) is 29.7 Å². The largest absolute Gasteiger partial charge is 0.302 e. The van der Waals surface area contributed by atoms with Crippen LogP contribution in [0.2, 0.25) is 0 Å². The summed E-state index contributed by atoms with van der Waals surface area (Å²) in [4.78, 5) is 15.2. The van der Waals surface area contributed by atoms with E-state index in [1.54, 1.807) is 0 Å². The van der Waals surface area contributed by atoms with Crippen LogP contribution in [0.25, 0.3) is 0 Å². The Balaban J connectivity index is 1.92. The zero-order valence-corrected chi connectivity index (χ0v) is 11.0. The first-order valence-corrected chi connectivity index (χ1v) is 6.63. The number of aryl methyl sites for hydroxylation is 1. The fourth-order valence-electron chi connectivity index (χ4n) is 1.54. The summed E-state index contributed by atoms with van der Waals surface area (Å²) >= 11 is 1.46. The molecule has 92 valence electrons. The molecule has 0 spiro atoms. The number of anilines is 1. The number of aromatic nitrogens is 1. The average molecular weight is 258 g/mol. The van der Waals surface area contributed by atoms with Gasteiger partial charge in [0.1, 0.15) is 0 Å². The van der Waals surface area contributed by atoms with Crippen LogP contribution in [0.5, 0.6) is 0 Å². The highest BCUT2D eigenvalue weighted by atomic mass is 32.1. The van der Waals surface area contributed by atoms with Crippen molar-refractivity contribution in [1.82, 2.24) is 4.98 Å². The van der Waals surface area contributed by atoms with Gasteiger partial charge in [0, 0.05) is 12.3 Å². The highest BCUT2D eigenvalue weighted by Crippen LogP contribution is 2.18. The molecule has 0 unspecified atom stereocenters. The molecule has 0 aliphatic heterocycles. The van der Waals surface area contributed by atoms with Gasteiger partial charge in [0.15, 0.2) is 5.13 Å². The molecule has 1 aliphatic rings. The second-order valence-electron chi connectivity index (χ2n) is 3.91. The number of nitrogens with one attached hydrogen (secondary N) is 1. The minimum Gasteiger partial charge on any atom is -0.302 e. The summed E-state index contributed by atoms with van der Waals surface area (Å²) in [5, 5.41) is 5.34. The van der Waals surface area contributed by atoms with Gasteiger partial charge >= 0.3 is 0 Å². The number of allylic oxidation sites excluding steroid dienone is 5. The van der Waals surface area contributed by atoms with Crippen LogP contribution in [0, 0.1) is 0 Å². The van der Waals surface area contributed by atoms with Crippen LogP contribution in [0.4, 0.5) is 5.13 Å². The molecule has 0 fully saturated rings. The third-order valence-electron chi connectivity index (χ3n) is 2.37. The lowest BCUT2D eigenvalue weighted by atomic mass is 10.1. The van der Waals surface area contributed by atoms with Gasteiger partial charge in [-0.05, 0) is 24.5 Å². The Hall–Kier alpha value is -1.90. The molecule has 4 heteroatoms. The molecule has 0 radical (unpaired) electrons. The summed E-state index contributed by atoms with van der Waals surface area (Å²) in [6, 6.07) is 0. The SMILES string of the molecule is CC(=O)Nc1nc(CCC2=C=CC=CC=C2)cs1. The number of hydrogen-bond acceptors (Lipinski definition) is 3. The maximum absolute atomic E-state index is 10.9. The van der Waals surface area contributed by atoms with Crippen molar-refractivity contribution in [2.24, 2.45) is 0 Å². The molecule has 0 saturated heterocycles. The van der Waals surface area contributed by atoms with Crippen molar-refractivity contribution in [3.63, 3.8) is 0 Å². The van der Waals surface area contributed by atoms with Crippen molar-refractivity contribution >= 4 is 22.4 Å². The number of hydrogen-bond donors (Lipinski definition) is 1. The van der Waals surface area contributed by atoms with E-state index in [2.05, 4.69) is 22.1 Å². The van der Waals surface area contributed by atoms with Crippen LogP contribution in [-0.4, -0.2) is 10.9 Å². The molecule has 0 atom stereocenters. The number of rotatable bonds is 4. The Morgan fingerprint density at radius 3 is 3.11 bits per heavy atom. The van der Waals surface area contributed by atoms with E-state index in [0.717, 1.165) is 24.1 Å². The maximum Gasteiger partial charge on any atom is 0.223 e. The van der Waals surface area contributed by atoms with Crippen LogP contribution < -0.4 is 5.32 Å². The first-order chi connectivity index (χ1) is 8.74. The van der Waals surface area contributed by atoms with Gasteiger partial charge in [0.05, 0.1) is 5.69 Å². The molecule has 1 N–H and O–H groups in total. The van der Waals surface area contributed by atoms with Crippen molar-refractivity contribution < 1.29 is 4.79 Å². The molecule has 3 nitrogen and oxygen atoms in total. The quantitative estimate of drug-likeness (QED) is 0.842. The molecule has 1 aliphatic carbocycles. The van der Waals surface area contributed by atoms with Gasteiger partial charge in [0.2, 0.25) is 5.91 Å². The standard InChI is InChI=1S/C14H14N2OS/c1-11(17)15-14-16-13(10-18-14)9-8-12-6-4-2-3-5-7-12/h2-6,10H,8-9H2,1H3,(H,15,16,17). The lowest BCUT2D eigenvalue weighted by Gasteiger charge is -1.97. The van der Waals surface area contributed by atoms with Crippen molar-refractivity contribution in [3.8, 4) is 0 Å². The first kappa shape index (κ1) is 12.6. The second kappa shape index (κ2) is 6.15. The van der Waals surface area contributed by atoms with Gasteiger partial charge in [-0.15, -0.1) is 17.1 Å². The van der Waals surface area contributed by atoms with Crippen LogP contribution >= 0.6 is 11.3 Å². The maximum atomic E-state index is 10.9. The van der Waals surface area contributed by atoms with Crippen LogP contribution in [0.1, 0.15) is 19.0 Å². The molecular weight excluding hydrogens is 244 g/mol. The van der Waals surface area contributed by atoms with Crippen LogP contribution in [0.3, 0.4) is 0 Å². The third kappa shape index (κ3) is 3.84. The number of carbonyl (C=O) groups excluding carboxylic acids is 1. The predicted octanol–water partition coefficient (Wildman–Crippen LogP) is 3.24. The Bertz CT molecular complexity index is 560. The zero-order chi connectivity index (χ0) is 12.8. The molecule has 1 aromatic rings. The predicted molar refractivity (Wildman–Crippen MR) is 74.6 cm³/mol. The van der Waals surface area contributed by atoms with E-state index < -0.39 is 0 Å². The van der Waals surface area contributed by atoms with Crippen molar-refractivity contribution in [1.29, 1.82) is 0 Å². The van der Waals surface area contributed by atoms with E-state index in [0.29, 0.717) is 5.13 Å². The van der Waals surface area contributed by atoms with E-state index in [1.165, 1.54) is 18.3 Å². The normalized spacial score (nSPS) is 13.3. The van der Waals surface area contributed by atoms with E-state index >= 15 is 0 Å². The Labute approximate surface area is 110 Å².